The van der Waals surface area contributed by atoms with Crippen LogP contribution in [0.4, 0.5) is 5.13 Å². The molecule has 0 saturated carbocycles. The number of nitrogens with two attached hydrogens (primary N) is 1. The molecule has 0 bridgehead atoms. The van der Waals surface area contributed by atoms with Gasteiger partial charge < -0.3 is 10.6 Å². The molecule has 1 aromatic rings. The van der Waals surface area contributed by atoms with Crippen molar-refractivity contribution in [2.24, 2.45) is 0 Å². The Morgan fingerprint density at radius 3 is 2.63 bits per heavy atom. The molecular formula is C11H14N4O3S. The van der Waals surface area contributed by atoms with Gasteiger partial charge in [-0.15, -0.1) is 0 Å². The highest BCUT2D eigenvalue weighted by Crippen LogP contribution is 2.26. The van der Waals surface area contributed by atoms with Gasteiger partial charge in [-0.1, -0.05) is 11.3 Å². The number of piperazine rings is 1. The Hall–Kier alpha value is -1.96. The Bertz CT molecular complexity index is 578. The molecule has 7 nitrogen and oxygen atoms in total. The number of thiazole rings is 1. The van der Waals surface area contributed by atoms with Crippen LogP contribution < -0.4 is 11.1 Å². The number of hydrogen-bond donors (Lipinski definition) is 2. The zero-order valence-corrected chi connectivity index (χ0v) is 11.6. The second-order valence-corrected chi connectivity index (χ2v) is 5.82. The molecule has 8 heteroatoms. The molecule has 0 unspecified atom stereocenters. The van der Waals surface area contributed by atoms with Gasteiger partial charge in [-0.3, -0.25) is 19.7 Å². The molecule has 0 spiro atoms. The summed E-state index contributed by atoms with van der Waals surface area (Å²) >= 11 is 1.05. The number of nitrogens with zero attached hydrogens (tertiary/aromatic N) is 2. The first-order valence-corrected chi connectivity index (χ1v) is 6.44. The standard InChI is InChI=1S/C11H14N4O3S/c1-5-7(19-10(12)13-5)8(17)15-4-6(16)14-9(18)11(15,2)3/h4H2,1-3H3,(H2,12,13)(H,14,16,18). The molecule has 2 heterocycles. The maximum absolute atomic E-state index is 12.4. The molecule has 0 atom stereocenters. The van der Waals surface area contributed by atoms with Gasteiger partial charge in [-0.2, -0.15) is 0 Å². The molecule has 1 aliphatic rings. The van der Waals surface area contributed by atoms with Crippen molar-refractivity contribution in [1.82, 2.24) is 15.2 Å². The molecule has 102 valence electrons. The van der Waals surface area contributed by atoms with Crippen molar-refractivity contribution in [3.05, 3.63) is 10.6 Å². The zero-order valence-electron chi connectivity index (χ0n) is 10.8. The number of nitrogen functional groups attached to an aromatic ring is 1. The number of carbonyl (C=O) groups excluding carboxylic acids is 3. The summed E-state index contributed by atoms with van der Waals surface area (Å²) in [4.78, 5) is 41.3. The number of hydrogen-bond acceptors (Lipinski definition) is 6. The fourth-order valence-electron chi connectivity index (χ4n) is 1.85. The van der Waals surface area contributed by atoms with Gasteiger partial charge in [0.25, 0.3) is 11.8 Å². The van der Waals surface area contributed by atoms with E-state index in [2.05, 4.69) is 10.3 Å². The summed E-state index contributed by atoms with van der Waals surface area (Å²) in [5.41, 5.74) is 4.97. The monoisotopic (exact) mass is 282 g/mol. The van der Waals surface area contributed by atoms with Gasteiger partial charge >= 0.3 is 0 Å². The van der Waals surface area contributed by atoms with Crippen LogP contribution in [0.5, 0.6) is 0 Å². The summed E-state index contributed by atoms with van der Waals surface area (Å²) in [5.74, 6) is -1.39. The fourth-order valence-corrected chi connectivity index (χ4v) is 2.63. The van der Waals surface area contributed by atoms with Gasteiger partial charge in [0.15, 0.2) is 5.13 Å². The molecule has 19 heavy (non-hydrogen) atoms. The van der Waals surface area contributed by atoms with Gasteiger partial charge in [0.05, 0.1) is 5.69 Å². The number of carbonyl (C=O) groups is 3. The summed E-state index contributed by atoms with van der Waals surface area (Å²) in [6, 6.07) is 0. The van der Waals surface area contributed by atoms with E-state index in [1.165, 1.54) is 4.90 Å². The summed E-state index contributed by atoms with van der Waals surface area (Å²) in [5, 5.41) is 2.50. The number of amides is 3. The molecule has 0 radical (unpaired) electrons. The van der Waals surface area contributed by atoms with Crippen molar-refractivity contribution >= 4 is 34.2 Å². The third-order valence-electron chi connectivity index (χ3n) is 3.04. The van der Waals surface area contributed by atoms with Crippen LogP contribution in [0.1, 0.15) is 29.2 Å². The van der Waals surface area contributed by atoms with E-state index in [1.54, 1.807) is 20.8 Å². The number of imide groups is 1. The quantitative estimate of drug-likeness (QED) is 0.700. The maximum Gasteiger partial charge on any atom is 0.267 e. The molecule has 3 amide bonds. The highest BCUT2D eigenvalue weighted by atomic mass is 32.1. The maximum atomic E-state index is 12.4. The van der Waals surface area contributed by atoms with Crippen molar-refractivity contribution in [3.8, 4) is 0 Å². The first-order valence-electron chi connectivity index (χ1n) is 5.62. The van der Waals surface area contributed by atoms with E-state index in [-0.39, 0.29) is 11.7 Å². The summed E-state index contributed by atoms with van der Waals surface area (Å²) in [6.07, 6.45) is 0. The van der Waals surface area contributed by atoms with Gasteiger partial charge in [0.2, 0.25) is 5.91 Å². The minimum absolute atomic E-state index is 0.158. The van der Waals surface area contributed by atoms with Crippen LogP contribution in [0, 0.1) is 6.92 Å². The normalized spacial score (nSPS) is 18.4. The summed E-state index contributed by atoms with van der Waals surface area (Å²) in [6.45, 7) is 4.69. The van der Waals surface area contributed by atoms with Crippen LogP contribution in [0.25, 0.3) is 0 Å². The molecule has 1 fully saturated rings. The third-order valence-corrected chi connectivity index (χ3v) is 4.01. The predicted molar refractivity (Wildman–Crippen MR) is 69.5 cm³/mol. The van der Waals surface area contributed by atoms with Crippen LogP contribution in [-0.4, -0.2) is 39.7 Å². The highest BCUT2D eigenvalue weighted by Gasteiger charge is 2.44. The Morgan fingerprint density at radius 2 is 2.11 bits per heavy atom. The highest BCUT2D eigenvalue weighted by molar-refractivity contribution is 7.17. The van der Waals surface area contributed by atoms with Crippen LogP contribution in [0.3, 0.4) is 0 Å². The summed E-state index contributed by atoms with van der Waals surface area (Å²) < 4.78 is 0. The third kappa shape index (κ3) is 2.19. The van der Waals surface area contributed by atoms with Crippen molar-refractivity contribution in [3.63, 3.8) is 0 Å². The second-order valence-electron chi connectivity index (χ2n) is 4.79. The number of nitrogens with one attached hydrogen (secondary N) is 1. The van der Waals surface area contributed by atoms with Crippen LogP contribution in [0.2, 0.25) is 0 Å². The predicted octanol–water partition coefficient (Wildman–Crippen LogP) is -0.0891. The van der Waals surface area contributed by atoms with E-state index in [4.69, 9.17) is 5.73 Å². The lowest BCUT2D eigenvalue weighted by Crippen LogP contribution is -2.65. The molecule has 0 aromatic carbocycles. The minimum atomic E-state index is -1.09. The fraction of sp³-hybridized carbons (Fsp3) is 0.455. The smallest absolute Gasteiger partial charge is 0.267 e. The van der Waals surface area contributed by atoms with Crippen molar-refractivity contribution in [1.29, 1.82) is 0 Å². The van der Waals surface area contributed by atoms with Gasteiger partial charge in [-0.25, -0.2) is 4.98 Å². The molecule has 1 aliphatic heterocycles. The lowest BCUT2D eigenvalue weighted by molar-refractivity contribution is -0.143. The molecule has 3 N–H and O–H groups in total. The van der Waals surface area contributed by atoms with Crippen LogP contribution in [0.15, 0.2) is 0 Å². The molecule has 0 aliphatic carbocycles. The molecular weight excluding hydrogens is 268 g/mol. The van der Waals surface area contributed by atoms with E-state index < -0.39 is 23.3 Å². The Kier molecular flexibility index (Phi) is 3.05. The number of rotatable bonds is 1. The Balaban J connectivity index is 2.39. The Morgan fingerprint density at radius 1 is 1.47 bits per heavy atom. The van der Waals surface area contributed by atoms with Crippen molar-refractivity contribution < 1.29 is 14.4 Å². The molecule has 1 saturated heterocycles. The van der Waals surface area contributed by atoms with Crippen LogP contribution >= 0.6 is 11.3 Å². The van der Waals surface area contributed by atoms with Gasteiger partial charge in [0.1, 0.15) is 17.0 Å². The van der Waals surface area contributed by atoms with Crippen LogP contribution in [-0.2, 0) is 9.59 Å². The van der Waals surface area contributed by atoms with Gasteiger partial charge in [0, 0.05) is 0 Å². The lowest BCUT2D eigenvalue weighted by Gasteiger charge is -2.39. The topological polar surface area (TPSA) is 105 Å². The summed E-state index contributed by atoms with van der Waals surface area (Å²) in [7, 11) is 0. The first-order chi connectivity index (χ1) is 8.73. The van der Waals surface area contributed by atoms with E-state index in [9.17, 15) is 14.4 Å². The van der Waals surface area contributed by atoms with E-state index in [0.717, 1.165) is 11.3 Å². The molecule has 1 aromatic heterocycles. The van der Waals surface area contributed by atoms with E-state index in [0.29, 0.717) is 10.6 Å². The van der Waals surface area contributed by atoms with Crippen molar-refractivity contribution in [2.45, 2.75) is 26.3 Å². The lowest BCUT2D eigenvalue weighted by atomic mass is 9.98. The van der Waals surface area contributed by atoms with E-state index in [1.807, 2.05) is 0 Å². The average molecular weight is 282 g/mol. The Labute approximate surface area is 113 Å². The zero-order chi connectivity index (χ0) is 14.4. The number of aromatic nitrogens is 1. The second kappa shape index (κ2) is 4.30. The SMILES string of the molecule is Cc1nc(N)sc1C(=O)N1CC(=O)NC(=O)C1(C)C. The molecule has 2 rings (SSSR count). The number of aryl methyl sites for hydroxylation is 1. The number of anilines is 1. The average Bonchev–Trinajstić information content (AvgIpc) is 2.62. The largest absolute Gasteiger partial charge is 0.375 e. The van der Waals surface area contributed by atoms with E-state index >= 15 is 0 Å². The van der Waals surface area contributed by atoms with Crippen molar-refractivity contribution in [2.75, 3.05) is 12.3 Å². The van der Waals surface area contributed by atoms with Gasteiger partial charge in [-0.05, 0) is 20.8 Å². The first kappa shape index (κ1) is 13.5. The minimum Gasteiger partial charge on any atom is -0.375 e.